The van der Waals surface area contributed by atoms with Gasteiger partial charge < -0.3 is 13.9 Å². The van der Waals surface area contributed by atoms with Gasteiger partial charge in [0.25, 0.3) is 0 Å². The van der Waals surface area contributed by atoms with E-state index in [1.807, 2.05) is 6.07 Å². The number of rotatable bonds is 1. The fourth-order valence-electron chi connectivity index (χ4n) is 2.14. The zero-order valence-corrected chi connectivity index (χ0v) is 9.72. The molecule has 0 spiro atoms. The Hall–Kier alpha value is -2.56. The van der Waals surface area contributed by atoms with Crippen LogP contribution in [0.5, 0.6) is 11.5 Å². The van der Waals surface area contributed by atoms with Crippen LogP contribution in [0.1, 0.15) is 0 Å². The molecule has 0 saturated carbocycles. The SMILES string of the molecule is Fc1cc2c(cc1-c1cnc3occc3c1)OCO2. The van der Waals surface area contributed by atoms with Crippen molar-refractivity contribution in [2.24, 2.45) is 0 Å². The Labute approximate surface area is 107 Å². The van der Waals surface area contributed by atoms with E-state index >= 15 is 0 Å². The second kappa shape index (κ2) is 3.71. The molecule has 0 N–H and O–H groups in total. The molecule has 0 fully saturated rings. The van der Waals surface area contributed by atoms with E-state index in [0.29, 0.717) is 28.3 Å². The predicted octanol–water partition coefficient (Wildman–Crippen LogP) is 3.36. The minimum atomic E-state index is -0.367. The summed E-state index contributed by atoms with van der Waals surface area (Å²) in [5.41, 5.74) is 1.63. The highest BCUT2D eigenvalue weighted by molar-refractivity contribution is 5.80. The first-order valence-corrected chi connectivity index (χ1v) is 5.74. The van der Waals surface area contributed by atoms with Crippen molar-refractivity contribution in [3.05, 3.63) is 42.5 Å². The summed E-state index contributed by atoms with van der Waals surface area (Å²) in [4.78, 5) is 4.15. The lowest BCUT2D eigenvalue weighted by molar-refractivity contribution is 0.174. The first-order chi connectivity index (χ1) is 9.31. The maximum absolute atomic E-state index is 14.1. The number of hydrogen-bond donors (Lipinski definition) is 0. The quantitative estimate of drug-likeness (QED) is 0.670. The first kappa shape index (κ1) is 10.4. The van der Waals surface area contributed by atoms with Gasteiger partial charge >= 0.3 is 0 Å². The molecule has 2 aromatic heterocycles. The van der Waals surface area contributed by atoms with Crippen molar-refractivity contribution in [2.45, 2.75) is 0 Å². The molecule has 4 nitrogen and oxygen atoms in total. The van der Waals surface area contributed by atoms with E-state index in [2.05, 4.69) is 4.98 Å². The lowest BCUT2D eigenvalue weighted by Gasteiger charge is -2.05. The van der Waals surface area contributed by atoms with E-state index in [0.717, 1.165) is 5.39 Å². The van der Waals surface area contributed by atoms with Crippen LogP contribution in [-0.2, 0) is 0 Å². The summed E-state index contributed by atoms with van der Waals surface area (Å²) in [6.07, 6.45) is 3.13. The van der Waals surface area contributed by atoms with E-state index in [4.69, 9.17) is 13.9 Å². The summed E-state index contributed by atoms with van der Waals surface area (Å²) < 4.78 is 29.6. The van der Waals surface area contributed by atoms with E-state index < -0.39 is 0 Å². The summed E-state index contributed by atoms with van der Waals surface area (Å²) in [6, 6.07) is 6.57. The molecule has 0 atom stereocenters. The van der Waals surface area contributed by atoms with Crippen LogP contribution in [0.4, 0.5) is 4.39 Å². The Bertz CT molecular complexity index is 781. The standard InChI is InChI=1S/C14H8FNO3/c15-11-5-13-12(18-7-19-13)4-10(11)9-3-8-1-2-17-14(8)16-6-9/h1-6H,7H2. The average molecular weight is 257 g/mol. The first-order valence-electron chi connectivity index (χ1n) is 5.74. The third kappa shape index (κ3) is 1.55. The Morgan fingerprint density at radius 1 is 1.11 bits per heavy atom. The van der Waals surface area contributed by atoms with Crippen LogP contribution in [0, 0.1) is 5.82 Å². The molecule has 0 unspecified atom stereocenters. The average Bonchev–Trinajstić information content (AvgIpc) is 3.04. The summed E-state index contributed by atoms with van der Waals surface area (Å²) in [5.74, 6) is 0.608. The topological polar surface area (TPSA) is 44.5 Å². The van der Waals surface area contributed by atoms with Crippen LogP contribution in [0.3, 0.4) is 0 Å². The van der Waals surface area contributed by atoms with Crippen molar-refractivity contribution in [2.75, 3.05) is 6.79 Å². The maximum atomic E-state index is 14.1. The molecule has 4 rings (SSSR count). The van der Waals surface area contributed by atoms with Gasteiger partial charge in [0, 0.05) is 28.8 Å². The molecule has 1 aliphatic heterocycles. The molecule has 3 aromatic rings. The lowest BCUT2D eigenvalue weighted by atomic mass is 10.1. The summed E-state index contributed by atoms with van der Waals surface area (Å²) in [6.45, 7) is 0.122. The molecule has 0 radical (unpaired) electrons. The number of ether oxygens (including phenoxy) is 2. The number of furan rings is 1. The second-order valence-corrected chi connectivity index (χ2v) is 4.22. The zero-order chi connectivity index (χ0) is 12.8. The fourth-order valence-corrected chi connectivity index (χ4v) is 2.14. The molecule has 1 aromatic carbocycles. The van der Waals surface area contributed by atoms with Crippen molar-refractivity contribution in [3.8, 4) is 22.6 Å². The Morgan fingerprint density at radius 2 is 1.95 bits per heavy atom. The molecular weight excluding hydrogens is 249 g/mol. The smallest absolute Gasteiger partial charge is 0.231 e. The van der Waals surface area contributed by atoms with E-state index in [1.165, 1.54) is 6.07 Å². The molecule has 94 valence electrons. The van der Waals surface area contributed by atoms with Crippen LogP contribution in [0.25, 0.3) is 22.2 Å². The summed E-state index contributed by atoms with van der Waals surface area (Å²) in [5, 5.41) is 0.828. The van der Waals surface area contributed by atoms with Crippen LogP contribution < -0.4 is 9.47 Å². The molecular formula is C14H8FNO3. The van der Waals surface area contributed by atoms with Crippen molar-refractivity contribution >= 4 is 11.1 Å². The van der Waals surface area contributed by atoms with Crippen molar-refractivity contribution < 1.29 is 18.3 Å². The number of nitrogens with zero attached hydrogens (tertiary/aromatic N) is 1. The highest BCUT2D eigenvalue weighted by Gasteiger charge is 2.18. The van der Waals surface area contributed by atoms with E-state index in [1.54, 1.807) is 24.6 Å². The third-order valence-corrected chi connectivity index (χ3v) is 3.08. The number of halogens is 1. The van der Waals surface area contributed by atoms with Crippen LogP contribution in [0.15, 0.2) is 41.1 Å². The normalized spacial score (nSPS) is 13.1. The minimum Gasteiger partial charge on any atom is -0.454 e. The number of pyridine rings is 1. The van der Waals surface area contributed by atoms with Crippen molar-refractivity contribution in [1.82, 2.24) is 4.98 Å². The highest BCUT2D eigenvalue weighted by Crippen LogP contribution is 2.38. The lowest BCUT2D eigenvalue weighted by Crippen LogP contribution is -1.92. The number of aromatic nitrogens is 1. The van der Waals surface area contributed by atoms with Crippen LogP contribution in [0.2, 0.25) is 0 Å². The molecule has 19 heavy (non-hydrogen) atoms. The molecule has 5 heteroatoms. The van der Waals surface area contributed by atoms with Gasteiger partial charge in [-0.3, -0.25) is 0 Å². The Kier molecular flexibility index (Phi) is 2.03. The van der Waals surface area contributed by atoms with Crippen molar-refractivity contribution in [1.29, 1.82) is 0 Å². The van der Waals surface area contributed by atoms with Crippen LogP contribution in [-0.4, -0.2) is 11.8 Å². The van der Waals surface area contributed by atoms with Gasteiger partial charge in [0.2, 0.25) is 12.5 Å². The van der Waals surface area contributed by atoms with Gasteiger partial charge in [-0.2, -0.15) is 0 Å². The zero-order valence-electron chi connectivity index (χ0n) is 9.72. The molecule has 0 saturated heterocycles. The largest absolute Gasteiger partial charge is 0.454 e. The van der Waals surface area contributed by atoms with Gasteiger partial charge in [-0.25, -0.2) is 9.37 Å². The van der Waals surface area contributed by atoms with Gasteiger partial charge in [-0.15, -0.1) is 0 Å². The molecule has 0 bridgehead atoms. The number of fused-ring (bicyclic) bond motifs is 2. The van der Waals surface area contributed by atoms with E-state index in [9.17, 15) is 4.39 Å². The van der Waals surface area contributed by atoms with Crippen molar-refractivity contribution in [3.63, 3.8) is 0 Å². The molecule has 3 heterocycles. The summed E-state index contributed by atoms with van der Waals surface area (Å²) in [7, 11) is 0. The maximum Gasteiger partial charge on any atom is 0.231 e. The minimum absolute atomic E-state index is 0.122. The highest BCUT2D eigenvalue weighted by atomic mass is 19.1. The second-order valence-electron chi connectivity index (χ2n) is 4.22. The van der Waals surface area contributed by atoms with Gasteiger partial charge in [0.15, 0.2) is 11.5 Å². The van der Waals surface area contributed by atoms with Gasteiger partial charge in [0.1, 0.15) is 5.82 Å². The Morgan fingerprint density at radius 3 is 2.84 bits per heavy atom. The monoisotopic (exact) mass is 257 g/mol. The Balaban J connectivity index is 1.91. The van der Waals surface area contributed by atoms with Crippen LogP contribution >= 0.6 is 0 Å². The number of benzene rings is 1. The van der Waals surface area contributed by atoms with Gasteiger partial charge in [-0.1, -0.05) is 0 Å². The molecule has 1 aliphatic rings. The molecule has 0 amide bonds. The van der Waals surface area contributed by atoms with Gasteiger partial charge in [-0.05, 0) is 18.2 Å². The summed E-state index contributed by atoms with van der Waals surface area (Å²) >= 11 is 0. The van der Waals surface area contributed by atoms with Gasteiger partial charge in [0.05, 0.1) is 6.26 Å². The predicted molar refractivity (Wildman–Crippen MR) is 65.5 cm³/mol. The molecule has 0 aliphatic carbocycles. The fraction of sp³-hybridized carbons (Fsp3) is 0.0714. The number of hydrogen-bond acceptors (Lipinski definition) is 4. The van der Waals surface area contributed by atoms with E-state index in [-0.39, 0.29) is 12.6 Å². The third-order valence-electron chi connectivity index (χ3n) is 3.08.